The third-order valence-electron chi connectivity index (χ3n) is 15.4. The van der Waals surface area contributed by atoms with Gasteiger partial charge in [-0.15, -0.1) is 0 Å². The summed E-state index contributed by atoms with van der Waals surface area (Å²) in [6.45, 7) is 28.2. The first kappa shape index (κ1) is 35.8. The van der Waals surface area contributed by atoms with Gasteiger partial charge >= 0.3 is 5.97 Å². The van der Waals surface area contributed by atoms with E-state index in [1.54, 1.807) is 0 Å². The molecule has 3 saturated carbocycles. The average Bonchev–Trinajstić information content (AvgIpc) is 2.92. The van der Waals surface area contributed by atoms with Gasteiger partial charge < -0.3 is 4.74 Å². The molecule has 0 bridgehead atoms. The molecule has 0 amide bonds. The van der Waals surface area contributed by atoms with Gasteiger partial charge in [0.25, 0.3) is 0 Å². The largest absolute Gasteiger partial charge is 0.460 e. The van der Waals surface area contributed by atoms with E-state index in [0.29, 0.717) is 0 Å². The van der Waals surface area contributed by atoms with Gasteiger partial charge in [-0.3, -0.25) is 14.4 Å². The lowest BCUT2D eigenvalue weighted by Gasteiger charge is -2.74. The smallest absolute Gasteiger partial charge is 0.310 e. The number of allylic oxidation sites excluding steroid dienone is 5. The third kappa shape index (κ3) is 4.84. The molecule has 0 unspecified atom stereocenters. The fourth-order valence-corrected chi connectivity index (χ4v) is 12.1. The van der Waals surface area contributed by atoms with Crippen LogP contribution in [0.5, 0.6) is 0 Å². The average molecular weight is 644 g/mol. The zero-order valence-corrected chi connectivity index (χ0v) is 31.8. The Bertz CT molecular complexity index is 1540. The Morgan fingerprint density at radius 1 is 0.936 bits per heavy atom. The van der Waals surface area contributed by atoms with Crippen molar-refractivity contribution < 1.29 is 19.1 Å². The van der Waals surface area contributed by atoms with E-state index in [1.807, 2.05) is 53.7 Å². The Balaban J connectivity index is 1.62. The van der Waals surface area contributed by atoms with E-state index in [1.165, 1.54) is 0 Å². The van der Waals surface area contributed by atoms with Crippen LogP contribution in [-0.4, -0.2) is 23.1 Å². The summed E-state index contributed by atoms with van der Waals surface area (Å²) in [6.07, 6.45) is 14.3. The molecule has 7 atom stereocenters. The topological polar surface area (TPSA) is 84.2 Å². The fourth-order valence-electron chi connectivity index (χ4n) is 12.1. The Labute approximate surface area is 285 Å². The van der Waals surface area contributed by atoms with Crippen LogP contribution >= 0.6 is 0 Å². The molecule has 5 aliphatic carbocycles. The minimum atomic E-state index is -0.727. The van der Waals surface area contributed by atoms with Crippen LogP contribution in [0.3, 0.4) is 0 Å². The summed E-state index contributed by atoms with van der Waals surface area (Å²) < 4.78 is 5.63. The van der Waals surface area contributed by atoms with Crippen LogP contribution in [0.15, 0.2) is 34.9 Å². The molecule has 0 aromatic heterocycles. The van der Waals surface area contributed by atoms with Gasteiger partial charge in [0.1, 0.15) is 11.7 Å². The van der Waals surface area contributed by atoms with Crippen LogP contribution in [0.4, 0.5) is 0 Å². The number of esters is 1. The predicted octanol–water partition coefficient (Wildman–Crippen LogP) is 10.1. The highest BCUT2D eigenvalue weighted by Gasteiger charge is 2.74. The molecule has 5 aliphatic rings. The molecule has 5 nitrogen and oxygen atoms in total. The molecule has 0 heterocycles. The molecule has 258 valence electrons. The van der Waals surface area contributed by atoms with Gasteiger partial charge in [0.05, 0.1) is 12.0 Å². The van der Waals surface area contributed by atoms with Crippen LogP contribution in [0.1, 0.15) is 148 Å². The second-order valence-electron chi connectivity index (χ2n) is 19.9. The maximum Gasteiger partial charge on any atom is 0.310 e. The molecule has 0 radical (unpaired) electrons. The molecule has 47 heavy (non-hydrogen) atoms. The number of hydrogen-bond donors (Lipinski definition) is 0. The van der Waals surface area contributed by atoms with Crippen molar-refractivity contribution in [2.24, 2.45) is 49.2 Å². The van der Waals surface area contributed by atoms with Crippen molar-refractivity contribution in [3.8, 4) is 6.07 Å². The molecule has 0 aromatic carbocycles. The van der Waals surface area contributed by atoms with Crippen molar-refractivity contribution in [3.05, 3.63) is 34.9 Å². The Morgan fingerprint density at radius 2 is 1.55 bits per heavy atom. The Morgan fingerprint density at radius 3 is 2.15 bits per heavy atom. The van der Waals surface area contributed by atoms with E-state index < -0.39 is 21.8 Å². The summed E-state index contributed by atoms with van der Waals surface area (Å²) in [5.74, 6) is -0.183. The molecule has 3 fully saturated rings. The lowest BCUT2D eigenvalue weighted by atomic mass is 9.29. The second kappa shape index (κ2) is 10.5. The number of hydrogen-bond acceptors (Lipinski definition) is 5. The highest BCUT2D eigenvalue weighted by atomic mass is 16.6. The maximum atomic E-state index is 15.1. The lowest BCUT2D eigenvalue weighted by molar-refractivity contribution is -0.210. The fraction of sp³-hybridized carbons (Fsp3) is 0.762. The number of nitriles is 1. The van der Waals surface area contributed by atoms with E-state index in [2.05, 4.69) is 60.6 Å². The zero-order chi connectivity index (χ0) is 35.4. The molecule has 0 spiro atoms. The van der Waals surface area contributed by atoms with E-state index in [-0.39, 0.29) is 62.5 Å². The minimum absolute atomic E-state index is 0.0422. The first-order valence-corrected chi connectivity index (χ1v) is 18.1. The number of nitrogens with zero attached hydrogens (tertiary/aromatic N) is 1. The second-order valence-corrected chi connectivity index (χ2v) is 19.9. The van der Waals surface area contributed by atoms with Crippen molar-refractivity contribution in [1.82, 2.24) is 0 Å². The van der Waals surface area contributed by atoms with Gasteiger partial charge in [-0.25, -0.2) is 0 Å². The van der Waals surface area contributed by atoms with Crippen LogP contribution < -0.4 is 0 Å². The molecular formula is C42H61NO4. The summed E-state index contributed by atoms with van der Waals surface area (Å²) in [6, 6.07) is 2.24. The first-order valence-electron chi connectivity index (χ1n) is 18.1. The number of carbonyl (C=O) groups excluding carboxylic acids is 3. The number of ether oxygens (including phenoxy) is 1. The van der Waals surface area contributed by atoms with Crippen molar-refractivity contribution in [1.29, 1.82) is 5.26 Å². The molecule has 0 aliphatic heterocycles. The van der Waals surface area contributed by atoms with Gasteiger partial charge in [-0.1, -0.05) is 80.0 Å². The van der Waals surface area contributed by atoms with Crippen molar-refractivity contribution >= 4 is 17.5 Å². The lowest BCUT2D eigenvalue weighted by Crippen LogP contribution is -2.69. The highest BCUT2D eigenvalue weighted by molar-refractivity contribution is 6.05. The number of fused-ring (bicyclic) bond motifs is 7. The number of ketones is 2. The summed E-state index contributed by atoms with van der Waals surface area (Å²) in [4.78, 5) is 41.3. The molecule has 0 saturated heterocycles. The summed E-state index contributed by atoms with van der Waals surface area (Å²) in [5, 5.41) is 10.1. The van der Waals surface area contributed by atoms with E-state index in [0.717, 1.165) is 62.5 Å². The van der Waals surface area contributed by atoms with E-state index in [9.17, 15) is 14.9 Å². The molecule has 5 rings (SSSR count). The third-order valence-corrected chi connectivity index (χ3v) is 15.4. The zero-order valence-electron chi connectivity index (χ0n) is 31.8. The van der Waals surface area contributed by atoms with Gasteiger partial charge in [0.15, 0.2) is 11.6 Å². The number of rotatable bonds is 4. The number of carbonyl (C=O) groups is 3. The standard InChI is InChI=1S/C42H61NO4/c1-27(22-31(45)47-34(2,3)4)14-15-42-20-16-35(5,6)26-40(42,12)32-29(44)23-30-37(9,38(32,10)18-21-42)17-19-41(13)36(7,8)33(46)28(25-43)24-39(30,41)11/h14,23-24,32H,15-22,26H2,1-13H3/b27-14+/t32-,37+,38+,39+,40-,41-,42+/m0/s1. The van der Waals surface area contributed by atoms with Crippen molar-refractivity contribution in [2.45, 2.75) is 153 Å². The molecule has 5 heteroatoms. The van der Waals surface area contributed by atoms with Crippen molar-refractivity contribution in [3.63, 3.8) is 0 Å². The highest BCUT2D eigenvalue weighted by Crippen LogP contribution is 2.79. The Kier molecular flexibility index (Phi) is 8.01. The van der Waals surface area contributed by atoms with Crippen LogP contribution in [-0.2, 0) is 19.1 Å². The van der Waals surface area contributed by atoms with Crippen LogP contribution in [0.2, 0.25) is 0 Å². The molecule has 0 aromatic rings. The SMILES string of the molecule is C/C(=C\C[C@]12CCC(C)(C)C[C@@]1(C)[C@H]1C(=O)C=C3[C@@]4(C)C=C(C#N)C(=O)C(C)(C)[C@]4(C)CC[C@@]3(C)[C@]1(C)CC2)CC(=O)OC(C)(C)C. The van der Waals surface area contributed by atoms with Gasteiger partial charge in [0, 0.05) is 16.7 Å². The quantitative estimate of drug-likeness (QED) is 0.225. The van der Waals surface area contributed by atoms with Gasteiger partial charge in [-0.2, -0.15) is 5.26 Å². The predicted molar refractivity (Wildman–Crippen MR) is 187 cm³/mol. The summed E-state index contributed by atoms with van der Waals surface area (Å²) in [5.41, 5.74) is -0.529. The monoisotopic (exact) mass is 643 g/mol. The molecular weight excluding hydrogens is 582 g/mol. The minimum Gasteiger partial charge on any atom is -0.460 e. The number of Topliss-reactive ketones (excluding diaryl/α,β-unsaturated/α-hetero) is 1. The van der Waals surface area contributed by atoms with Crippen LogP contribution in [0.25, 0.3) is 0 Å². The first-order chi connectivity index (χ1) is 21.3. The van der Waals surface area contributed by atoms with E-state index >= 15 is 4.79 Å². The van der Waals surface area contributed by atoms with E-state index in [4.69, 9.17) is 4.74 Å². The maximum absolute atomic E-state index is 15.1. The normalized spacial score (nSPS) is 42.5. The summed E-state index contributed by atoms with van der Waals surface area (Å²) >= 11 is 0. The summed E-state index contributed by atoms with van der Waals surface area (Å²) in [7, 11) is 0. The van der Waals surface area contributed by atoms with Crippen molar-refractivity contribution in [2.75, 3.05) is 0 Å². The van der Waals surface area contributed by atoms with Crippen LogP contribution in [0, 0.1) is 60.6 Å². The molecule has 0 N–H and O–H groups in total. The Hall–Kier alpha value is -2.48. The van der Waals surface area contributed by atoms with Gasteiger partial charge in [0.2, 0.25) is 0 Å². The van der Waals surface area contributed by atoms with Gasteiger partial charge in [-0.05, 0) is 123 Å².